The molecular weight excluding hydrogens is 973 g/mol. The van der Waals surface area contributed by atoms with Crippen molar-refractivity contribution in [1.29, 1.82) is 0 Å². The van der Waals surface area contributed by atoms with Gasteiger partial charge in [0.15, 0.2) is 6.10 Å². The summed E-state index contributed by atoms with van der Waals surface area (Å²) in [6.45, 7) is 6.54. The highest BCUT2D eigenvalue weighted by Gasteiger charge is 2.19. The molecule has 0 aliphatic heterocycles. The van der Waals surface area contributed by atoms with E-state index in [4.69, 9.17) is 14.2 Å². The van der Waals surface area contributed by atoms with Gasteiger partial charge in [0.2, 0.25) is 0 Å². The van der Waals surface area contributed by atoms with Crippen molar-refractivity contribution in [2.45, 2.75) is 374 Å². The molecule has 1 atom stereocenters. The SMILES string of the molecule is CC/C=C\C/C=C\C/C=C\C/C=C\CCCCC(=O)OC(COC(=O)CCCCCCCCCCCCCCC)COC(=O)CCCCCCCCCCCCCCCCCCCCCCC/C=C\CCCCCCCCCC. The van der Waals surface area contributed by atoms with Gasteiger partial charge in [0.05, 0.1) is 0 Å². The summed E-state index contributed by atoms with van der Waals surface area (Å²) in [6, 6.07) is 0. The van der Waals surface area contributed by atoms with Crippen LogP contribution in [0.3, 0.4) is 0 Å². The number of unbranched alkanes of at least 4 members (excludes halogenated alkanes) is 43. The molecule has 0 heterocycles. The maximum absolute atomic E-state index is 12.9. The smallest absolute Gasteiger partial charge is 0.306 e. The van der Waals surface area contributed by atoms with Crippen LogP contribution >= 0.6 is 0 Å². The lowest BCUT2D eigenvalue weighted by molar-refractivity contribution is -0.167. The van der Waals surface area contributed by atoms with Gasteiger partial charge < -0.3 is 14.2 Å². The highest BCUT2D eigenvalue weighted by Crippen LogP contribution is 2.18. The third-order valence-corrected chi connectivity index (χ3v) is 15.5. The summed E-state index contributed by atoms with van der Waals surface area (Å²) in [4.78, 5) is 38.3. The average molecular weight is 1110 g/mol. The van der Waals surface area contributed by atoms with Gasteiger partial charge in [0.25, 0.3) is 0 Å². The zero-order valence-electron chi connectivity index (χ0n) is 52.9. The van der Waals surface area contributed by atoms with Gasteiger partial charge in [-0.2, -0.15) is 0 Å². The van der Waals surface area contributed by atoms with E-state index in [0.717, 1.165) is 77.0 Å². The zero-order valence-corrected chi connectivity index (χ0v) is 52.9. The number of esters is 3. The largest absolute Gasteiger partial charge is 0.462 e. The third kappa shape index (κ3) is 65.8. The van der Waals surface area contributed by atoms with Crippen molar-refractivity contribution in [1.82, 2.24) is 0 Å². The fourth-order valence-electron chi connectivity index (χ4n) is 10.3. The normalized spacial score (nSPS) is 12.4. The Morgan fingerprint density at radius 2 is 0.494 bits per heavy atom. The molecule has 0 saturated carbocycles. The quantitative estimate of drug-likeness (QED) is 0.0261. The number of allylic oxidation sites excluding steroid dienone is 10. The summed E-state index contributed by atoms with van der Waals surface area (Å²) in [7, 11) is 0. The van der Waals surface area contributed by atoms with Crippen molar-refractivity contribution >= 4 is 17.9 Å². The van der Waals surface area contributed by atoms with E-state index >= 15 is 0 Å². The summed E-state index contributed by atoms with van der Waals surface area (Å²) in [5, 5.41) is 0. The summed E-state index contributed by atoms with van der Waals surface area (Å²) in [5.41, 5.74) is 0. The van der Waals surface area contributed by atoms with Crippen LogP contribution in [0.5, 0.6) is 0 Å². The van der Waals surface area contributed by atoms with Gasteiger partial charge in [-0.3, -0.25) is 14.4 Å². The van der Waals surface area contributed by atoms with Crippen LogP contribution in [-0.2, 0) is 28.6 Å². The molecule has 0 saturated heterocycles. The van der Waals surface area contributed by atoms with Crippen LogP contribution in [0.2, 0.25) is 0 Å². The van der Waals surface area contributed by atoms with Gasteiger partial charge in [0.1, 0.15) is 13.2 Å². The number of carbonyl (C=O) groups excluding carboxylic acids is 3. The van der Waals surface area contributed by atoms with Crippen LogP contribution in [0.4, 0.5) is 0 Å². The molecule has 0 aromatic rings. The Hall–Kier alpha value is -2.89. The molecule has 0 bridgehead atoms. The molecule has 0 rings (SSSR count). The Morgan fingerprint density at radius 3 is 0.810 bits per heavy atom. The Bertz CT molecular complexity index is 1410. The van der Waals surface area contributed by atoms with E-state index in [2.05, 4.69) is 81.5 Å². The topological polar surface area (TPSA) is 78.9 Å². The average Bonchev–Trinajstić information content (AvgIpc) is 3.45. The second-order valence-corrected chi connectivity index (χ2v) is 23.4. The maximum atomic E-state index is 12.9. The first-order valence-electron chi connectivity index (χ1n) is 34.8. The van der Waals surface area contributed by atoms with E-state index in [-0.39, 0.29) is 37.5 Å². The highest BCUT2D eigenvalue weighted by molar-refractivity contribution is 5.71. The number of hydrogen-bond acceptors (Lipinski definition) is 6. The van der Waals surface area contributed by atoms with E-state index in [9.17, 15) is 14.4 Å². The van der Waals surface area contributed by atoms with Crippen LogP contribution < -0.4 is 0 Å². The van der Waals surface area contributed by atoms with E-state index < -0.39 is 6.10 Å². The van der Waals surface area contributed by atoms with Gasteiger partial charge in [-0.15, -0.1) is 0 Å². The van der Waals surface area contributed by atoms with Gasteiger partial charge in [-0.05, 0) is 83.5 Å². The molecule has 0 aliphatic carbocycles. The second-order valence-electron chi connectivity index (χ2n) is 23.4. The molecule has 1 unspecified atom stereocenters. The monoisotopic (exact) mass is 1110 g/mol. The Kier molecular flexibility index (Phi) is 65.1. The predicted molar refractivity (Wildman–Crippen MR) is 344 cm³/mol. The van der Waals surface area contributed by atoms with Crippen molar-refractivity contribution in [3.8, 4) is 0 Å². The lowest BCUT2D eigenvalue weighted by atomic mass is 10.0. The van der Waals surface area contributed by atoms with Crippen molar-refractivity contribution in [2.24, 2.45) is 0 Å². The Labute approximate surface area is 491 Å². The van der Waals surface area contributed by atoms with E-state index in [1.165, 1.54) is 244 Å². The molecule has 79 heavy (non-hydrogen) atoms. The molecule has 0 amide bonds. The van der Waals surface area contributed by atoms with Crippen molar-refractivity contribution in [2.75, 3.05) is 13.2 Å². The van der Waals surface area contributed by atoms with Crippen LogP contribution in [0.1, 0.15) is 367 Å². The van der Waals surface area contributed by atoms with E-state index in [1.807, 2.05) is 0 Å². The van der Waals surface area contributed by atoms with Crippen LogP contribution in [0.15, 0.2) is 60.8 Å². The molecule has 0 fully saturated rings. The Morgan fingerprint density at radius 1 is 0.266 bits per heavy atom. The number of rotatable bonds is 64. The minimum absolute atomic E-state index is 0.0864. The fraction of sp³-hybridized carbons (Fsp3) is 0.822. The fourth-order valence-corrected chi connectivity index (χ4v) is 10.3. The summed E-state index contributed by atoms with van der Waals surface area (Å²) < 4.78 is 16.9. The lowest BCUT2D eigenvalue weighted by Crippen LogP contribution is -2.30. The summed E-state index contributed by atoms with van der Waals surface area (Å²) in [6.07, 6.45) is 87.0. The number of ether oxygens (including phenoxy) is 3. The molecule has 0 aliphatic rings. The Balaban J connectivity index is 4.11. The first-order chi connectivity index (χ1) is 39.0. The predicted octanol–water partition coefficient (Wildman–Crippen LogP) is 23.9. The molecule has 0 radical (unpaired) electrons. The first kappa shape index (κ1) is 76.1. The van der Waals surface area contributed by atoms with Gasteiger partial charge in [-0.25, -0.2) is 0 Å². The summed E-state index contributed by atoms with van der Waals surface area (Å²) >= 11 is 0. The van der Waals surface area contributed by atoms with Gasteiger partial charge >= 0.3 is 17.9 Å². The molecule has 0 spiro atoms. The van der Waals surface area contributed by atoms with Gasteiger partial charge in [-0.1, -0.05) is 326 Å². The second kappa shape index (κ2) is 67.6. The van der Waals surface area contributed by atoms with Crippen molar-refractivity contribution in [3.05, 3.63) is 60.8 Å². The summed E-state index contributed by atoms with van der Waals surface area (Å²) in [5.74, 6) is -0.908. The van der Waals surface area contributed by atoms with Crippen molar-refractivity contribution < 1.29 is 28.6 Å². The minimum Gasteiger partial charge on any atom is -0.462 e. The number of carbonyl (C=O) groups is 3. The first-order valence-corrected chi connectivity index (χ1v) is 34.8. The molecule has 460 valence electrons. The van der Waals surface area contributed by atoms with Crippen LogP contribution in [0.25, 0.3) is 0 Å². The molecule has 0 aromatic heterocycles. The lowest BCUT2D eigenvalue weighted by Gasteiger charge is -2.18. The van der Waals surface area contributed by atoms with E-state index in [0.29, 0.717) is 19.3 Å². The number of hydrogen-bond donors (Lipinski definition) is 0. The van der Waals surface area contributed by atoms with Crippen LogP contribution in [-0.4, -0.2) is 37.2 Å². The highest BCUT2D eigenvalue weighted by atomic mass is 16.6. The van der Waals surface area contributed by atoms with E-state index in [1.54, 1.807) is 0 Å². The molecule has 6 nitrogen and oxygen atoms in total. The van der Waals surface area contributed by atoms with Crippen molar-refractivity contribution in [3.63, 3.8) is 0 Å². The zero-order chi connectivity index (χ0) is 57.1. The minimum atomic E-state index is -0.793. The third-order valence-electron chi connectivity index (χ3n) is 15.5. The molecule has 6 heteroatoms. The molecule has 0 N–H and O–H groups in total. The molecule has 0 aromatic carbocycles. The van der Waals surface area contributed by atoms with Gasteiger partial charge in [0, 0.05) is 19.3 Å². The van der Waals surface area contributed by atoms with Crippen LogP contribution in [0, 0.1) is 0 Å². The maximum Gasteiger partial charge on any atom is 0.306 e. The standard InChI is InChI=1S/C73H132O6/c1-4-7-10-13-16-19-22-25-27-28-29-30-31-32-33-34-35-36-37-38-39-40-41-42-43-44-46-48-51-54-57-60-63-66-72(75)78-69-70(68-77-71(74)65-62-59-56-53-50-47-24-21-18-15-12-9-6-3)79-73(76)67-64-61-58-55-52-49-45-26-23-20-17-14-11-8-5-2/h8,11,17,20,26,28-29,45,52,55,70H,4-7,9-10,12-16,18-19,21-25,27,30-44,46-51,53-54,56-69H2,1-3H3/b11-8-,20-17-,29-28-,45-26-,55-52-. The molecular formula is C73H132O6.